The molecule has 1 rings (SSSR count). The van der Waals surface area contributed by atoms with Gasteiger partial charge in [-0.25, -0.2) is 0 Å². The average molecular weight is 204 g/mol. The fourth-order valence-electron chi connectivity index (χ4n) is 1.94. The highest BCUT2D eigenvalue weighted by Gasteiger charge is 2.17. The Hall–Kier alpha value is -0.190. The van der Waals surface area contributed by atoms with E-state index in [1.54, 1.807) is 0 Å². The van der Waals surface area contributed by atoms with Crippen LogP contribution in [0, 0.1) is 0 Å². The molecule has 1 saturated heterocycles. The first-order valence-electron chi connectivity index (χ1n) is 5.49. The van der Waals surface area contributed by atoms with Crippen LogP contribution in [-0.2, 0) is 0 Å². The van der Waals surface area contributed by atoms with Crippen molar-refractivity contribution in [3.8, 4) is 0 Å². The molecule has 0 saturated carbocycles. The maximum Gasteiger partial charge on any atom is 0.0906 e. The maximum absolute atomic E-state index is 12.0. The van der Waals surface area contributed by atoms with Gasteiger partial charge < -0.3 is 10.4 Å². The highest BCUT2D eigenvalue weighted by molar-refractivity contribution is 4.77. The number of alkyl halides is 1. The normalized spacial score (nSPS) is 22.1. The van der Waals surface area contributed by atoms with Gasteiger partial charge in [-0.2, -0.15) is 0 Å². The van der Waals surface area contributed by atoms with Crippen molar-refractivity contribution in [2.75, 3.05) is 39.5 Å². The Morgan fingerprint density at radius 3 is 2.86 bits per heavy atom. The minimum absolute atomic E-state index is 0.166. The SMILES string of the molecule is OCCN(CCCF)CC1CCCN1. The van der Waals surface area contributed by atoms with Gasteiger partial charge in [-0.3, -0.25) is 9.29 Å². The quantitative estimate of drug-likeness (QED) is 0.630. The summed E-state index contributed by atoms with van der Waals surface area (Å²) in [5, 5.41) is 12.3. The molecular weight excluding hydrogens is 183 g/mol. The Labute approximate surface area is 85.3 Å². The number of rotatable bonds is 7. The van der Waals surface area contributed by atoms with Gasteiger partial charge in [-0.15, -0.1) is 0 Å². The van der Waals surface area contributed by atoms with Crippen molar-refractivity contribution in [2.24, 2.45) is 0 Å². The summed E-state index contributed by atoms with van der Waals surface area (Å²) < 4.78 is 12.0. The molecule has 2 N–H and O–H groups in total. The Bertz CT molecular complexity index is 140. The fraction of sp³-hybridized carbons (Fsp3) is 1.00. The van der Waals surface area contributed by atoms with Crippen LogP contribution in [0.3, 0.4) is 0 Å². The summed E-state index contributed by atoms with van der Waals surface area (Å²) in [5.41, 5.74) is 0. The first kappa shape index (κ1) is 11.9. The number of aliphatic hydroxyl groups is 1. The van der Waals surface area contributed by atoms with Crippen molar-refractivity contribution >= 4 is 0 Å². The lowest BCUT2D eigenvalue weighted by Gasteiger charge is -2.24. The molecule has 1 aliphatic rings. The van der Waals surface area contributed by atoms with E-state index in [0.717, 1.165) is 19.6 Å². The minimum atomic E-state index is -0.264. The summed E-state index contributed by atoms with van der Waals surface area (Å²) in [4.78, 5) is 2.14. The van der Waals surface area contributed by atoms with Gasteiger partial charge in [0.25, 0.3) is 0 Å². The van der Waals surface area contributed by atoms with Crippen LogP contribution >= 0.6 is 0 Å². The summed E-state index contributed by atoms with van der Waals surface area (Å²) in [6.45, 7) is 3.37. The maximum atomic E-state index is 12.0. The highest BCUT2D eigenvalue weighted by atomic mass is 19.1. The molecule has 0 radical (unpaired) electrons. The standard InChI is InChI=1S/C10H21FN2O/c11-4-2-6-13(7-8-14)9-10-3-1-5-12-10/h10,12,14H,1-9H2. The lowest BCUT2D eigenvalue weighted by atomic mass is 10.2. The lowest BCUT2D eigenvalue weighted by Crippen LogP contribution is -2.39. The molecule has 1 atom stereocenters. The molecule has 0 bridgehead atoms. The molecule has 0 aromatic carbocycles. The van der Waals surface area contributed by atoms with E-state index >= 15 is 0 Å². The first-order valence-corrected chi connectivity index (χ1v) is 5.49. The largest absolute Gasteiger partial charge is 0.395 e. The second-order valence-electron chi connectivity index (χ2n) is 3.86. The van der Waals surface area contributed by atoms with Crippen LogP contribution < -0.4 is 5.32 Å². The predicted octanol–water partition coefficient (Wildman–Crippen LogP) is 0.392. The zero-order chi connectivity index (χ0) is 10.2. The van der Waals surface area contributed by atoms with E-state index in [-0.39, 0.29) is 13.3 Å². The van der Waals surface area contributed by atoms with Gasteiger partial charge in [0.2, 0.25) is 0 Å². The Balaban J connectivity index is 2.18. The second-order valence-corrected chi connectivity index (χ2v) is 3.86. The second kappa shape index (κ2) is 7.15. The molecule has 1 aliphatic heterocycles. The molecule has 84 valence electrons. The van der Waals surface area contributed by atoms with Crippen molar-refractivity contribution in [1.29, 1.82) is 0 Å². The van der Waals surface area contributed by atoms with Gasteiger partial charge in [0, 0.05) is 25.7 Å². The summed E-state index contributed by atoms with van der Waals surface area (Å²) in [7, 11) is 0. The molecule has 1 unspecified atom stereocenters. The molecule has 4 heteroatoms. The van der Waals surface area contributed by atoms with Gasteiger partial charge >= 0.3 is 0 Å². The third-order valence-corrected chi connectivity index (χ3v) is 2.67. The van der Waals surface area contributed by atoms with E-state index in [9.17, 15) is 4.39 Å². The molecule has 1 fully saturated rings. The molecule has 14 heavy (non-hydrogen) atoms. The van der Waals surface area contributed by atoms with Crippen LogP contribution in [0.4, 0.5) is 4.39 Å². The zero-order valence-electron chi connectivity index (χ0n) is 8.71. The van der Waals surface area contributed by atoms with Gasteiger partial charge in [0.1, 0.15) is 0 Å². The van der Waals surface area contributed by atoms with E-state index < -0.39 is 0 Å². The molecule has 0 spiro atoms. The molecule has 1 heterocycles. The third-order valence-electron chi connectivity index (χ3n) is 2.67. The van der Waals surface area contributed by atoms with Crippen molar-refractivity contribution in [3.05, 3.63) is 0 Å². The van der Waals surface area contributed by atoms with Crippen LogP contribution in [0.25, 0.3) is 0 Å². The molecule has 3 nitrogen and oxygen atoms in total. The Morgan fingerprint density at radius 1 is 1.43 bits per heavy atom. The summed E-state index contributed by atoms with van der Waals surface area (Å²) in [6, 6.07) is 0.543. The van der Waals surface area contributed by atoms with Gasteiger partial charge in [-0.05, 0) is 25.8 Å². The third kappa shape index (κ3) is 4.35. The van der Waals surface area contributed by atoms with E-state index in [2.05, 4.69) is 10.2 Å². The number of halogens is 1. The number of nitrogens with one attached hydrogen (secondary N) is 1. The fourth-order valence-corrected chi connectivity index (χ4v) is 1.94. The number of aliphatic hydroxyl groups excluding tert-OH is 1. The predicted molar refractivity (Wildman–Crippen MR) is 55.1 cm³/mol. The van der Waals surface area contributed by atoms with E-state index in [4.69, 9.17) is 5.11 Å². The van der Waals surface area contributed by atoms with Crippen LogP contribution in [0.2, 0.25) is 0 Å². The van der Waals surface area contributed by atoms with Crippen LogP contribution in [-0.4, -0.2) is 55.5 Å². The minimum Gasteiger partial charge on any atom is -0.395 e. The van der Waals surface area contributed by atoms with Gasteiger partial charge in [0.15, 0.2) is 0 Å². The molecular formula is C10H21FN2O. The van der Waals surface area contributed by atoms with E-state index in [1.807, 2.05) is 0 Å². The summed E-state index contributed by atoms with van der Waals surface area (Å²) >= 11 is 0. The summed E-state index contributed by atoms with van der Waals surface area (Å²) in [6.07, 6.45) is 3.02. The van der Waals surface area contributed by atoms with Crippen molar-refractivity contribution in [3.63, 3.8) is 0 Å². The van der Waals surface area contributed by atoms with Crippen molar-refractivity contribution in [1.82, 2.24) is 10.2 Å². The molecule has 0 aromatic heterocycles. The Kier molecular flexibility index (Phi) is 6.07. The molecule has 0 aromatic rings. The van der Waals surface area contributed by atoms with Crippen LogP contribution in [0.5, 0.6) is 0 Å². The van der Waals surface area contributed by atoms with E-state index in [0.29, 0.717) is 19.0 Å². The van der Waals surface area contributed by atoms with Crippen molar-refractivity contribution in [2.45, 2.75) is 25.3 Å². The number of hydrogen-bond donors (Lipinski definition) is 2. The van der Waals surface area contributed by atoms with Crippen LogP contribution in [0.1, 0.15) is 19.3 Å². The smallest absolute Gasteiger partial charge is 0.0906 e. The lowest BCUT2D eigenvalue weighted by molar-refractivity contribution is 0.179. The molecule has 0 amide bonds. The van der Waals surface area contributed by atoms with Crippen molar-refractivity contribution < 1.29 is 9.50 Å². The van der Waals surface area contributed by atoms with Gasteiger partial charge in [-0.1, -0.05) is 0 Å². The Morgan fingerprint density at radius 2 is 2.29 bits per heavy atom. The number of hydrogen-bond acceptors (Lipinski definition) is 3. The van der Waals surface area contributed by atoms with Crippen LogP contribution in [0.15, 0.2) is 0 Å². The zero-order valence-corrected chi connectivity index (χ0v) is 8.71. The molecule has 0 aliphatic carbocycles. The number of nitrogens with zero attached hydrogens (tertiary/aromatic N) is 1. The van der Waals surface area contributed by atoms with Gasteiger partial charge in [0.05, 0.1) is 13.3 Å². The summed E-state index contributed by atoms with van der Waals surface area (Å²) in [5.74, 6) is 0. The first-order chi connectivity index (χ1) is 6.86. The average Bonchev–Trinajstić information content (AvgIpc) is 2.67. The monoisotopic (exact) mass is 204 g/mol. The van der Waals surface area contributed by atoms with E-state index in [1.165, 1.54) is 12.8 Å². The topological polar surface area (TPSA) is 35.5 Å². The highest BCUT2D eigenvalue weighted by Crippen LogP contribution is 2.07.